The molecule has 5 rings (SSSR count). The highest BCUT2D eigenvalue weighted by Crippen LogP contribution is 2.40. The molecular formula is C33H35NO8S2. The molecule has 2 aromatic carbocycles. The molecular weight excluding hydrogens is 602 g/mol. The van der Waals surface area contributed by atoms with Gasteiger partial charge in [-0.25, -0.2) is 0 Å². The summed E-state index contributed by atoms with van der Waals surface area (Å²) in [5.74, 6) is -1.91. The second-order valence-corrected chi connectivity index (χ2v) is 12.9. The van der Waals surface area contributed by atoms with E-state index in [1.807, 2.05) is 49.4 Å². The lowest BCUT2D eigenvalue weighted by atomic mass is 9.92. The first kappa shape index (κ1) is 31.7. The molecule has 9 nitrogen and oxygen atoms in total. The molecule has 0 spiro atoms. The maximum Gasteiger partial charge on any atom is 0.305 e. The molecule has 5 atom stereocenters. The number of aryl methyl sites for hydroxylation is 1. The van der Waals surface area contributed by atoms with Gasteiger partial charge in [0.2, 0.25) is 12.4 Å². The Balaban J connectivity index is 1.35. The number of amides is 1. The summed E-state index contributed by atoms with van der Waals surface area (Å²) in [5, 5.41) is 2.29. The minimum absolute atomic E-state index is 0.0353. The Morgan fingerprint density at radius 3 is 2.18 bits per heavy atom. The highest BCUT2D eigenvalue weighted by atomic mass is 32.1. The minimum atomic E-state index is -1.30. The van der Waals surface area contributed by atoms with Crippen LogP contribution in [0.2, 0.25) is 0 Å². The van der Waals surface area contributed by atoms with Crippen LogP contribution in [0.3, 0.4) is 0 Å². The number of rotatable bonds is 9. The van der Waals surface area contributed by atoms with Gasteiger partial charge in [-0.15, -0.1) is 11.3 Å². The normalized spacial score (nSPS) is 23.0. The molecule has 0 bridgehead atoms. The Labute approximate surface area is 265 Å². The van der Waals surface area contributed by atoms with Gasteiger partial charge in [-0.1, -0.05) is 30.3 Å². The highest BCUT2D eigenvalue weighted by molar-refractivity contribution is 7.81. The number of nitrogens with one attached hydrogen (secondary N) is 1. The lowest BCUT2D eigenvalue weighted by Crippen LogP contribution is -2.56. The minimum Gasteiger partial charge on any atom is -0.457 e. The first-order valence-electron chi connectivity index (χ1n) is 14.4. The molecule has 2 aliphatic rings. The van der Waals surface area contributed by atoms with Crippen molar-refractivity contribution in [3.63, 3.8) is 0 Å². The van der Waals surface area contributed by atoms with E-state index in [0.29, 0.717) is 18.0 Å². The van der Waals surface area contributed by atoms with Crippen LogP contribution < -0.4 is 5.32 Å². The van der Waals surface area contributed by atoms with E-state index in [-0.39, 0.29) is 5.91 Å². The number of hydrogen-bond acceptors (Lipinski definition) is 10. The third-order valence-electron chi connectivity index (χ3n) is 7.48. The Morgan fingerprint density at radius 1 is 0.886 bits per heavy atom. The van der Waals surface area contributed by atoms with Crippen LogP contribution in [0.4, 0.5) is 0 Å². The summed E-state index contributed by atoms with van der Waals surface area (Å²) in [6.45, 7) is 5.70. The van der Waals surface area contributed by atoms with Gasteiger partial charge in [0.25, 0.3) is 5.91 Å². The number of thiol groups is 1. The number of esters is 3. The van der Waals surface area contributed by atoms with Crippen molar-refractivity contribution in [3.05, 3.63) is 81.7 Å². The Kier molecular flexibility index (Phi) is 9.77. The summed E-state index contributed by atoms with van der Waals surface area (Å²) in [6, 6.07) is 18.0. The van der Waals surface area contributed by atoms with Crippen molar-refractivity contribution in [3.8, 4) is 10.4 Å². The van der Waals surface area contributed by atoms with Gasteiger partial charge in [-0.05, 0) is 66.3 Å². The van der Waals surface area contributed by atoms with E-state index in [4.69, 9.17) is 31.6 Å². The third-order valence-corrected chi connectivity index (χ3v) is 9.18. The van der Waals surface area contributed by atoms with Gasteiger partial charge in [-0.3, -0.25) is 19.2 Å². The molecule has 1 N–H and O–H groups in total. The maximum atomic E-state index is 12.3. The molecule has 0 radical (unpaired) electrons. The van der Waals surface area contributed by atoms with E-state index in [1.54, 1.807) is 11.3 Å². The van der Waals surface area contributed by atoms with Crippen molar-refractivity contribution < 1.29 is 38.1 Å². The SMILES string of the molecule is CC(=O)O[C@H]1OC(c2ccc(C)c(Cc3ccc(-c4ccc(C(=O)NC5CC5)cc4)s3)c2)[C@H](S)[C@@H](OC(C)=O)[C@@H]1OC(C)=O. The maximum absolute atomic E-state index is 12.3. The molecule has 1 aliphatic heterocycles. The molecule has 3 aromatic rings. The Bertz CT molecular complexity index is 1550. The lowest BCUT2D eigenvalue weighted by molar-refractivity contribution is -0.266. The summed E-state index contributed by atoms with van der Waals surface area (Å²) < 4.78 is 22.4. The van der Waals surface area contributed by atoms with E-state index < -0.39 is 47.8 Å². The number of carbonyl (C=O) groups is 4. The van der Waals surface area contributed by atoms with Crippen molar-refractivity contribution in [2.24, 2.45) is 0 Å². The lowest BCUT2D eigenvalue weighted by Gasteiger charge is -2.43. The van der Waals surface area contributed by atoms with Crippen LogP contribution in [0.1, 0.15) is 71.6 Å². The molecule has 11 heteroatoms. The van der Waals surface area contributed by atoms with E-state index in [9.17, 15) is 19.2 Å². The fraction of sp³-hybridized carbons (Fsp3) is 0.394. The van der Waals surface area contributed by atoms with Gasteiger partial charge in [0.05, 0.1) is 5.25 Å². The predicted molar refractivity (Wildman–Crippen MR) is 167 cm³/mol. The van der Waals surface area contributed by atoms with Crippen LogP contribution in [-0.4, -0.2) is 53.6 Å². The fourth-order valence-corrected chi connectivity index (χ4v) is 6.67. The average molecular weight is 638 g/mol. The Morgan fingerprint density at radius 2 is 1.55 bits per heavy atom. The van der Waals surface area contributed by atoms with E-state index >= 15 is 0 Å². The zero-order valence-corrected chi connectivity index (χ0v) is 26.6. The molecule has 232 valence electrons. The molecule has 44 heavy (non-hydrogen) atoms. The smallest absolute Gasteiger partial charge is 0.305 e. The van der Waals surface area contributed by atoms with Crippen LogP contribution in [-0.2, 0) is 39.8 Å². The van der Waals surface area contributed by atoms with Crippen molar-refractivity contribution in [1.82, 2.24) is 5.32 Å². The van der Waals surface area contributed by atoms with Gasteiger partial charge in [-0.2, -0.15) is 12.6 Å². The zero-order chi connectivity index (χ0) is 31.5. The largest absolute Gasteiger partial charge is 0.457 e. The van der Waals surface area contributed by atoms with E-state index in [0.717, 1.165) is 44.8 Å². The summed E-state index contributed by atoms with van der Waals surface area (Å²) in [5.41, 5.74) is 4.58. The van der Waals surface area contributed by atoms with E-state index in [1.165, 1.54) is 20.8 Å². The Hall–Kier alpha value is -3.67. The first-order valence-corrected chi connectivity index (χ1v) is 15.8. The molecule has 2 fully saturated rings. The molecule has 1 aromatic heterocycles. The molecule has 1 saturated heterocycles. The summed E-state index contributed by atoms with van der Waals surface area (Å²) >= 11 is 6.41. The molecule has 1 saturated carbocycles. The number of hydrogen-bond donors (Lipinski definition) is 2. The van der Waals surface area contributed by atoms with Crippen LogP contribution >= 0.6 is 24.0 Å². The van der Waals surface area contributed by atoms with Crippen LogP contribution in [0.25, 0.3) is 10.4 Å². The van der Waals surface area contributed by atoms with Gasteiger partial charge in [0.1, 0.15) is 6.10 Å². The van der Waals surface area contributed by atoms with Gasteiger partial charge >= 0.3 is 17.9 Å². The number of thiophene rings is 1. The molecule has 1 amide bonds. The predicted octanol–water partition coefficient (Wildman–Crippen LogP) is 5.33. The quantitative estimate of drug-likeness (QED) is 0.184. The van der Waals surface area contributed by atoms with Crippen molar-refractivity contribution >= 4 is 47.8 Å². The van der Waals surface area contributed by atoms with Gasteiger partial charge < -0.3 is 24.3 Å². The van der Waals surface area contributed by atoms with Crippen molar-refractivity contribution in [2.75, 3.05) is 0 Å². The van der Waals surface area contributed by atoms with E-state index in [2.05, 4.69) is 17.4 Å². The van der Waals surface area contributed by atoms with Crippen LogP contribution in [0.5, 0.6) is 0 Å². The molecule has 1 unspecified atom stereocenters. The summed E-state index contributed by atoms with van der Waals surface area (Å²) in [4.78, 5) is 50.3. The topological polar surface area (TPSA) is 117 Å². The highest BCUT2D eigenvalue weighted by Gasteiger charge is 2.50. The monoisotopic (exact) mass is 637 g/mol. The van der Waals surface area contributed by atoms with Crippen molar-refractivity contribution in [1.29, 1.82) is 0 Å². The number of ether oxygens (including phenoxy) is 4. The summed E-state index contributed by atoms with van der Waals surface area (Å²) in [7, 11) is 0. The first-order chi connectivity index (χ1) is 21.0. The molecule has 1 aliphatic carbocycles. The number of carbonyl (C=O) groups excluding carboxylic acids is 4. The summed E-state index contributed by atoms with van der Waals surface area (Å²) in [6.07, 6.45) is -1.50. The number of benzene rings is 2. The van der Waals surface area contributed by atoms with Gasteiger partial charge in [0, 0.05) is 48.6 Å². The average Bonchev–Trinajstić information content (AvgIpc) is 3.66. The third kappa shape index (κ3) is 7.69. The van der Waals surface area contributed by atoms with Crippen LogP contribution in [0, 0.1) is 6.92 Å². The van der Waals surface area contributed by atoms with Crippen LogP contribution in [0.15, 0.2) is 54.6 Å². The second-order valence-electron chi connectivity index (χ2n) is 11.1. The molecule has 2 heterocycles. The zero-order valence-electron chi connectivity index (χ0n) is 24.9. The fourth-order valence-electron chi connectivity index (χ4n) is 5.16. The second kappa shape index (κ2) is 13.5. The standard InChI is InChI=1S/C33H35NO8S2/c1-17-5-6-23(28-31(43)29(39-18(2)35)30(40-19(3)36)33(42-28)41-20(4)37)15-24(17)16-26-13-14-27(44-26)21-7-9-22(10-8-21)32(38)34-25-11-12-25/h5-10,13-15,25,28-31,33,43H,11-12,16H2,1-4H3,(H,34,38)/t28?,29-,30-,31-,33-/m0/s1. The van der Waals surface area contributed by atoms with Gasteiger partial charge in [0.15, 0.2) is 6.10 Å². The van der Waals surface area contributed by atoms with Crippen molar-refractivity contribution in [2.45, 2.75) is 82.9 Å².